The molecule has 0 saturated heterocycles. The third kappa shape index (κ3) is 3.53. The molecule has 16 heavy (non-hydrogen) atoms. The van der Waals surface area contributed by atoms with Gasteiger partial charge in [0.1, 0.15) is 0 Å². The predicted molar refractivity (Wildman–Crippen MR) is 61.4 cm³/mol. The summed E-state index contributed by atoms with van der Waals surface area (Å²) in [7, 11) is 0. The SMILES string of the molecule is CC(=O)Nc1ccc(/C=C(\C)[N+](=O)[O-])cc1. The zero-order chi connectivity index (χ0) is 12.1. The fourth-order valence-corrected chi connectivity index (χ4v) is 1.16. The smallest absolute Gasteiger partial charge is 0.243 e. The minimum absolute atomic E-state index is 0.0762. The van der Waals surface area contributed by atoms with Crippen molar-refractivity contribution in [2.24, 2.45) is 0 Å². The minimum atomic E-state index is -0.443. The van der Waals surface area contributed by atoms with Gasteiger partial charge >= 0.3 is 0 Å². The quantitative estimate of drug-likeness (QED) is 0.627. The standard InChI is InChI=1S/C11H12N2O3/c1-8(13(15)16)7-10-3-5-11(6-4-10)12-9(2)14/h3-7H,1-2H3,(H,12,14)/b8-7+. The van der Waals surface area contributed by atoms with Crippen molar-refractivity contribution in [2.75, 3.05) is 5.32 Å². The first-order valence-electron chi connectivity index (χ1n) is 4.69. The number of carbonyl (C=O) groups excluding carboxylic acids is 1. The molecule has 0 atom stereocenters. The first kappa shape index (κ1) is 11.9. The Morgan fingerprint density at radius 1 is 1.31 bits per heavy atom. The molecule has 0 aromatic heterocycles. The van der Waals surface area contributed by atoms with Gasteiger partial charge < -0.3 is 5.32 Å². The minimum Gasteiger partial charge on any atom is -0.326 e. The number of hydrogen-bond donors (Lipinski definition) is 1. The van der Waals surface area contributed by atoms with Crippen LogP contribution in [0.1, 0.15) is 19.4 Å². The summed E-state index contributed by atoms with van der Waals surface area (Å²) < 4.78 is 0. The Labute approximate surface area is 92.9 Å². The van der Waals surface area contributed by atoms with Crippen LogP contribution in [0.2, 0.25) is 0 Å². The number of nitro groups is 1. The molecule has 1 aromatic rings. The van der Waals surface area contributed by atoms with E-state index in [-0.39, 0.29) is 11.6 Å². The highest BCUT2D eigenvalue weighted by Crippen LogP contribution is 2.12. The third-order valence-electron chi connectivity index (χ3n) is 1.89. The number of nitrogens with zero attached hydrogens (tertiary/aromatic N) is 1. The molecule has 0 aliphatic heterocycles. The van der Waals surface area contributed by atoms with E-state index in [0.29, 0.717) is 5.69 Å². The number of nitrogens with one attached hydrogen (secondary N) is 1. The zero-order valence-corrected chi connectivity index (χ0v) is 9.06. The van der Waals surface area contributed by atoms with Crippen molar-refractivity contribution in [1.29, 1.82) is 0 Å². The molecule has 84 valence electrons. The highest BCUT2D eigenvalue weighted by molar-refractivity contribution is 5.88. The van der Waals surface area contributed by atoms with Gasteiger partial charge in [-0.1, -0.05) is 12.1 Å². The molecule has 0 aliphatic carbocycles. The second kappa shape index (κ2) is 5.06. The van der Waals surface area contributed by atoms with Gasteiger partial charge in [0.2, 0.25) is 11.6 Å². The molecule has 0 spiro atoms. The second-order valence-corrected chi connectivity index (χ2v) is 3.35. The van der Waals surface area contributed by atoms with Crippen LogP contribution in [0.25, 0.3) is 6.08 Å². The van der Waals surface area contributed by atoms with Crippen LogP contribution in [0.5, 0.6) is 0 Å². The Balaban J connectivity index is 2.83. The van der Waals surface area contributed by atoms with Gasteiger partial charge in [0.25, 0.3) is 0 Å². The van der Waals surface area contributed by atoms with E-state index in [1.807, 2.05) is 0 Å². The molecular formula is C11H12N2O3. The number of hydrogen-bond acceptors (Lipinski definition) is 3. The Morgan fingerprint density at radius 3 is 2.31 bits per heavy atom. The fraction of sp³-hybridized carbons (Fsp3) is 0.182. The topological polar surface area (TPSA) is 72.2 Å². The molecule has 0 bridgehead atoms. The molecule has 0 unspecified atom stereocenters. The normalized spacial score (nSPS) is 11.0. The van der Waals surface area contributed by atoms with Gasteiger partial charge in [-0.05, 0) is 17.7 Å². The number of carbonyl (C=O) groups is 1. The molecule has 0 heterocycles. The molecule has 5 heteroatoms. The highest BCUT2D eigenvalue weighted by Gasteiger charge is 2.02. The number of amides is 1. The summed E-state index contributed by atoms with van der Waals surface area (Å²) in [5.74, 6) is -0.148. The van der Waals surface area contributed by atoms with E-state index in [1.54, 1.807) is 24.3 Å². The number of anilines is 1. The first-order chi connectivity index (χ1) is 7.49. The molecule has 0 radical (unpaired) electrons. The van der Waals surface area contributed by atoms with Crippen LogP contribution in [-0.2, 0) is 4.79 Å². The lowest BCUT2D eigenvalue weighted by molar-refractivity contribution is -0.422. The third-order valence-corrected chi connectivity index (χ3v) is 1.89. The largest absolute Gasteiger partial charge is 0.326 e. The first-order valence-corrected chi connectivity index (χ1v) is 4.69. The summed E-state index contributed by atoms with van der Waals surface area (Å²) in [4.78, 5) is 20.7. The van der Waals surface area contributed by atoms with Gasteiger partial charge in [-0.3, -0.25) is 14.9 Å². The van der Waals surface area contributed by atoms with Crippen LogP contribution >= 0.6 is 0 Å². The maximum Gasteiger partial charge on any atom is 0.243 e. The van der Waals surface area contributed by atoms with Crippen LogP contribution in [0.4, 0.5) is 5.69 Å². The highest BCUT2D eigenvalue weighted by atomic mass is 16.6. The van der Waals surface area contributed by atoms with Crippen molar-refractivity contribution >= 4 is 17.7 Å². The molecule has 1 N–H and O–H groups in total. The van der Waals surface area contributed by atoms with Crippen molar-refractivity contribution in [2.45, 2.75) is 13.8 Å². The number of rotatable bonds is 3. The zero-order valence-electron chi connectivity index (χ0n) is 9.06. The van der Waals surface area contributed by atoms with E-state index in [9.17, 15) is 14.9 Å². The van der Waals surface area contributed by atoms with Gasteiger partial charge in [0.15, 0.2) is 0 Å². The molecule has 1 rings (SSSR count). The van der Waals surface area contributed by atoms with Crippen LogP contribution in [0.3, 0.4) is 0 Å². The molecule has 5 nitrogen and oxygen atoms in total. The Hall–Kier alpha value is -2.17. The fourth-order valence-electron chi connectivity index (χ4n) is 1.16. The lowest BCUT2D eigenvalue weighted by Gasteiger charge is -2.01. The van der Waals surface area contributed by atoms with Gasteiger partial charge in [-0.25, -0.2) is 0 Å². The summed E-state index contributed by atoms with van der Waals surface area (Å²) in [5, 5.41) is 13.0. The maximum atomic E-state index is 10.8. The summed E-state index contributed by atoms with van der Waals surface area (Å²) in [6.07, 6.45) is 1.47. The molecule has 1 amide bonds. The lowest BCUT2D eigenvalue weighted by atomic mass is 10.2. The van der Waals surface area contributed by atoms with Crippen molar-refractivity contribution in [1.82, 2.24) is 0 Å². The molecule has 0 fully saturated rings. The lowest BCUT2D eigenvalue weighted by Crippen LogP contribution is -2.05. The van der Waals surface area contributed by atoms with Crippen molar-refractivity contribution in [3.63, 3.8) is 0 Å². The average molecular weight is 220 g/mol. The number of allylic oxidation sites excluding steroid dienone is 1. The predicted octanol–water partition coefficient (Wildman–Crippen LogP) is 2.28. The second-order valence-electron chi connectivity index (χ2n) is 3.35. The molecule has 0 aliphatic rings. The molecule has 0 saturated carbocycles. The molecular weight excluding hydrogens is 208 g/mol. The van der Waals surface area contributed by atoms with E-state index >= 15 is 0 Å². The van der Waals surface area contributed by atoms with Gasteiger partial charge in [0, 0.05) is 25.6 Å². The van der Waals surface area contributed by atoms with E-state index in [1.165, 1.54) is 19.9 Å². The Kier molecular flexibility index (Phi) is 3.77. The maximum absolute atomic E-state index is 10.8. The van der Waals surface area contributed by atoms with E-state index < -0.39 is 4.92 Å². The van der Waals surface area contributed by atoms with Crippen molar-refractivity contribution in [3.8, 4) is 0 Å². The Bertz CT molecular complexity index is 435. The van der Waals surface area contributed by atoms with Gasteiger partial charge in [-0.15, -0.1) is 0 Å². The summed E-state index contributed by atoms with van der Waals surface area (Å²) in [6.45, 7) is 2.85. The van der Waals surface area contributed by atoms with E-state index in [4.69, 9.17) is 0 Å². The van der Waals surface area contributed by atoms with Crippen molar-refractivity contribution < 1.29 is 9.72 Å². The molecule has 1 aromatic carbocycles. The monoisotopic (exact) mass is 220 g/mol. The van der Waals surface area contributed by atoms with E-state index in [0.717, 1.165) is 5.56 Å². The van der Waals surface area contributed by atoms with Gasteiger partial charge in [0.05, 0.1) is 4.92 Å². The van der Waals surface area contributed by atoms with Crippen molar-refractivity contribution in [3.05, 3.63) is 45.6 Å². The van der Waals surface area contributed by atoms with Crippen LogP contribution in [0, 0.1) is 10.1 Å². The number of benzene rings is 1. The summed E-state index contributed by atoms with van der Waals surface area (Å²) in [5.41, 5.74) is 1.47. The van der Waals surface area contributed by atoms with Crippen LogP contribution in [-0.4, -0.2) is 10.8 Å². The van der Waals surface area contributed by atoms with E-state index in [2.05, 4.69) is 5.32 Å². The Morgan fingerprint density at radius 2 is 1.88 bits per heavy atom. The van der Waals surface area contributed by atoms with Gasteiger partial charge in [-0.2, -0.15) is 0 Å². The summed E-state index contributed by atoms with van der Waals surface area (Å²) in [6, 6.07) is 6.80. The van der Waals surface area contributed by atoms with Crippen LogP contribution in [0.15, 0.2) is 30.0 Å². The van der Waals surface area contributed by atoms with Crippen LogP contribution < -0.4 is 5.32 Å². The summed E-state index contributed by atoms with van der Waals surface area (Å²) >= 11 is 0. The average Bonchev–Trinajstić information content (AvgIpc) is 2.20.